The molecular formula is C23H23Cl2N3O5S. The SMILES string of the molecule is CC(C)(C)OC(=O)CN(c1ccc2ccc(/C(N)=N/O)cc2c1)S(=O)(=O)c1cc(Cl)cc(Cl)c1. The standard InChI is InChI=1S/C23H23Cl2N3O5S/c1-23(2,3)33-21(29)13-28(34(31,32)20-11-17(24)10-18(25)12-20)19-7-6-14-4-5-15(22(26)27-30)8-16(14)9-19/h4-12,30H,13H2,1-3H3,(H2,26,27). The highest BCUT2D eigenvalue weighted by Crippen LogP contribution is 2.31. The van der Waals surface area contributed by atoms with Crippen molar-refractivity contribution in [3.8, 4) is 0 Å². The van der Waals surface area contributed by atoms with Gasteiger partial charge in [-0.3, -0.25) is 9.10 Å². The van der Waals surface area contributed by atoms with E-state index in [4.69, 9.17) is 38.9 Å². The predicted octanol–water partition coefficient (Wildman–Crippen LogP) is 4.78. The summed E-state index contributed by atoms with van der Waals surface area (Å²) in [6, 6.07) is 13.8. The fourth-order valence-corrected chi connectivity index (χ4v) is 5.35. The van der Waals surface area contributed by atoms with Crippen LogP contribution in [0.15, 0.2) is 64.6 Å². The van der Waals surface area contributed by atoms with Crippen LogP contribution in [-0.4, -0.2) is 37.6 Å². The van der Waals surface area contributed by atoms with Crippen LogP contribution in [0.1, 0.15) is 26.3 Å². The van der Waals surface area contributed by atoms with Gasteiger partial charge in [0, 0.05) is 15.6 Å². The summed E-state index contributed by atoms with van der Waals surface area (Å²) >= 11 is 12.1. The molecule has 3 aromatic rings. The van der Waals surface area contributed by atoms with E-state index in [1.54, 1.807) is 57.2 Å². The van der Waals surface area contributed by atoms with Crippen molar-refractivity contribution in [2.24, 2.45) is 10.9 Å². The molecule has 11 heteroatoms. The smallest absolute Gasteiger partial charge is 0.327 e. The summed E-state index contributed by atoms with van der Waals surface area (Å²) in [6.45, 7) is 4.47. The van der Waals surface area contributed by atoms with Crippen LogP contribution in [0.2, 0.25) is 10.0 Å². The number of esters is 1. The van der Waals surface area contributed by atoms with Gasteiger partial charge in [-0.1, -0.05) is 46.6 Å². The van der Waals surface area contributed by atoms with Crippen molar-refractivity contribution >= 4 is 61.5 Å². The quantitative estimate of drug-likeness (QED) is 0.157. The van der Waals surface area contributed by atoms with Gasteiger partial charge in [0.1, 0.15) is 12.1 Å². The molecule has 0 aromatic heterocycles. The van der Waals surface area contributed by atoms with Crippen molar-refractivity contribution in [1.29, 1.82) is 0 Å². The Morgan fingerprint density at radius 1 is 1.03 bits per heavy atom. The van der Waals surface area contributed by atoms with Crippen LogP contribution >= 0.6 is 23.2 Å². The number of ether oxygens (including phenoxy) is 1. The highest BCUT2D eigenvalue weighted by Gasteiger charge is 2.30. The molecule has 0 amide bonds. The number of nitrogens with two attached hydrogens (primary N) is 1. The highest BCUT2D eigenvalue weighted by molar-refractivity contribution is 7.92. The van der Waals surface area contributed by atoms with Crippen LogP contribution in [0.3, 0.4) is 0 Å². The Hall–Kier alpha value is -3.01. The first kappa shape index (κ1) is 25.6. The minimum absolute atomic E-state index is 0.0981. The third-order valence-electron chi connectivity index (χ3n) is 4.63. The van der Waals surface area contributed by atoms with Crippen LogP contribution in [-0.2, 0) is 19.6 Å². The van der Waals surface area contributed by atoms with Gasteiger partial charge in [0.25, 0.3) is 10.0 Å². The molecule has 0 radical (unpaired) electrons. The molecule has 0 heterocycles. The summed E-state index contributed by atoms with van der Waals surface area (Å²) in [7, 11) is -4.27. The number of anilines is 1. The molecule has 0 saturated heterocycles. The first-order valence-corrected chi connectivity index (χ1v) is 12.2. The van der Waals surface area contributed by atoms with Crippen LogP contribution < -0.4 is 10.0 Å². The Kier molecular flexibility index (Phi) is 7.30. The Morgan fingerprint density at radius 3 is 2.24 bits per heavy atom. The average molecular weight is 524 g/mol. The maximum absolute atomic E-state index is 13.6. The van der Waals surface area contributed by atoms with E-state index >= 15 is 0 Å². The molecule has 180 valence electrons. The van der Waals surface area contributed by atoms with Crippen molar-refractivity contribution in [2.75, 3.05) is 10.8 Å². The number of fused-ring (bicyclic) bond motifs is 1. The largest absolute Gasteiger partial charge is 0.459 e. The number of carbonyl (C=O) groups excluding carboxylic acids is 1. The zero-order chi connectivity index (χ0) is 25.3. The molecule has 8 nitrogen and oxygen atoms in total. The lowest BCUT2D eigenvalue weighted by molar-refractivity contribution is -0.152. The lowest BCUT2D eigenvalue weighted by atomic mass is 10.1. The minimum atomic E-state index is -4.27. The Bertz CT molecular complexity index is 1360. The van der Waals surface area contributed by atoms with E-state index in [9.17, 15) is 13.2 Å². The van der Waals surface area contributed by atoms with Crippen molar-refractivity contribution in [3.63, 3.8) is 0 Å². The van der Waals surface area contributed by atoms with Crippen molar-refractivity contribution in [2.45, 2.75) is 31.3 Å². The van der Waals surface area contributed by atoms with Crippen LogP contribution in [0.25, 0.3) is 10.8 Å². The summed E-state index contributed by atoms with van der Waals surface area (Å²) in [4.78, 5) is 12.5. The first-order valence-electron chi connectivity index (χ1n) is 10.0. The average Bonchev–Trinajstić information content (AvgIpc) is 2.74. The van der Waals surface area contributed by atoms with Gasteiger partial charge < -0.3 is 15.7 Å². The fraction of sp³-hybridized carbons (Fsp3) is 0.217. The third kappa shape index (κ3) is 5.91. The number of carbonyl (C=O) groups is 1. The second-order valence-corrected chi connectivity index (χ2v) is 11.2. The van der Waals surface area contributed by atoms with Crippen molar-refractivity contribution < 1.29 is 23.2 Å². The summed E-state index contributed by atoms with van der Waals surface area (Å²) in [5.41, 5.74) is 5.51. The molecule has 0 spiro atoms. The van der Waals surface area contributed by atoms with Gasteiger partial charge in [-0.25, -0.2) is 8.42 Å². The molecule has 0 unspecified atom stereocenters. The second-order valence-electron chi connectivity index (χ2n) is 8.43. The summed E-state index contributed by atoms with van der Waals surface area (Å²) in [6.07, 6.45) is 0. The zero-order valence-electron chi connectivity index (χ0n) is 18.6. The van der Waals surface area contributed by atoms with E-state index in [2.05, 4.69) is 5.16 Å². The number of hydrogen-bond acceptors (Lipinski definition) is 6. The summed E-state index contributed by atoms with van der Waals surface area (Å²) < 4.78 is 33.5. The van der Waals surface area contributed by atoms with Crippen LogP contribution in [0, 0.1) is 0 Å². The molecule has 0 saturated carbocycles. The normalized spacial score (nSPS) is 12.6. The van der Waals surface area contributed by atoms with Crippen LogP contribution in [0.5, 0.6) is 0 Å². The van der Waals surface area contributed by atoms with E-state index in [0.717, 1.165) is 9.69 Å². The Labute approximate surface area is 207 Å². The van der Waals surface area contributed by atoms with E-state index in [1.807, 2.05) is 0 Å². The van der Waals surface area contributed by atoms with Gasteiger partial charge in [-0.05, 0) is 67.9 Å². The Morgan fingerprint density at radius 2 is 1.65 bits per heavy atom. The number of oxime groups is 1. The predicted molar refractivity (Wildman–Crippen MR) is 133 cm³/mol. The van der Waals surface area contributed by atoms with Gasteiger partial charge >= 0.3 is 5.97 Å². The molecule has 3 rings (SSSR count). The van der Waals surface area contributed by atoms with Crippen LogP contribution in [0.4, 0.5) is 5.69 Å². The summed E-state index contributed by atoms with van der Waals surface area (Å²) in [5.74, 6) is -0.839. The van der Waals surface area contributed by atoms with Crippen molar-refractivity contribution in [3.05, 3.63) is 70.2 Å². The summed E-state index contributed by atoms with van der Waals surface area (Å²) in [5, 5.41) is 13.6. The number of rotatable bonds is 6. The van der Waals surface area contributed by atoms with E-state index in [-0.39, 0.29) is 26.5 Å². The van der Waals surface area contributed by atoms with E-state index < -0.39 is 28.1 Å². The Balaban J connectivity index is 2.16. The second kappa shape index (κ2) is 9.69. The maximum Gasteiger partial charge on any atom is 0.327 e. The van der Waals surface area contributed by atoms with Crippen molar-refractivity contribution in [1.82, 2.24) is 0 Å². The first-order chi connectivity index (χ1) is 15.8. The van der Waals surface area contributed by atoms with Gasteiger partial charge in [0.15, 0.2) is 5.84 Å². The minimum Gasteiger partial charge on any atom is -0.459 e. The topological polar surface area (TPSA) is 122 Å². The lowest BCUT2D eigenvalue weighted by Gasteiger charge is -2.26. The fourth-order valence-electron chi connectivity index (χ4n) is 3.22. The number of amidine groups is 1. The number of hydrogen-bond donors (Lipinski definition) is 2. The molecule has 34 heavy (non-hydrogen) atoms. The number of halogens is 2. The molecule has 0 aliphatic carbocycles. The molecule has 0 fully saturated rings. The number of benzene rings is 3. The molecular weight excluding hydrogens is 501 g/mol. The third-order valence-corrected chi connectivity index (χ3v) is 6.82. The lowest BCUT2D eigenvalue weighted by Crippen LogP contribution is -2.39. The van der Waals surface area contributed by atoms with Gasteiger partial charge in [-0.15, -0.1) is 0 Å². The van der Waals surface area contributed by atoms with Gasteiger partial charge in [0.2, 0.25) is 0 Å². The zero-order valence-corrected chi connectivity index (χ0v) is 20.9. The number of nitrogens with zero attached hydrogens (tertiary/aromatic N) is 2. The van der Waals surface area contributed by atoms with Gasteiger partial charge in [0.05, 0.1) is 10.6 Å². The monoisotopic (exact) mass is 523 g/mol. The molecule has 0 aliphatic rings. The maximum atomic E-state index is 13.6. The molecule has 0 bridgehead atoms. The van der Waals surface area contributed by atoms with Gasteiger partial charge in [-0.2, -0.15) is 0 Å². The molecule has 0 aliphatic heterocycles. The molecule has 3 N–H and O–H groups in total. The van der Waals surface area contributed by atoms with E-state index in [1.165, 1.54) is 18.2 Å². The van der Waals surface area contributed by atoms with E-state index in [0.29, 0.717) is 10.9 Å². The molecule has 3 aromatic carbocycles. The highest BCUT2D eigenvalue weighted by atomic mass is 35.5. The molecule has 0 atom stereocenters. The number of sulfonamides is 1.